The lowest BCUT2D eigenvalue weighted by molar-refractivity contribution is 0.0625. The molecule has 2 aromatic carbocycles. The number of benzene rings is 2. The summed E-state index contributed by atoms with van der Waals surface area (Å²) in [5, 5.41) is 4.10. The van der Waals surface area contributed by atoms with Crippen molar-refractivity contribution < 1.29 is 14.3 Å². The maximum atomic E-state index is 12.0. The van der Waals surface area contributed by atoms with Crippen LogP contribution in [-0.4, -0.2) is 31.6 Å². The molecule has 4 N–H and O–H groups in total. The number of nitrogens with zero attached hydrogens (tertiary/aromatic N) is 4. The summed E-state index contributed by atoms with van der Waals surface area (Å²) in [6.45, 7) is 0. The van der Waals surface area contributed by atoms with Crippen LogP contribution >= 0.6 is 0 Å². The standard InChI is InChI=1S/C23H20N6O3/c24-21(31)32-20(30)19-27-22-26-18(15-7-9-16(10-8-15)23(25)11-4-12-23)17(13-29(22)28-19)14-5-2-1-3-6-14/h1-3,5-10,13H,4,11-12,25H2,(H2,24,31). The van der Waals surface area contributed by atoms with E-state index in [4.69, 9.17) is 11.5 Å². The Morgan fingerprint density at radius 3 is 2.31 bits per heavy atom. The van der Waals surface area contributed by atoms with Gasteiger partial charge in [0, 0.05) is 22.9 Å². The number of hydrogen-bond donors (Lipinski definition) is 2. The first-order valence-corrected chi connectivity index (χ1v) is 10.2. The van der Waals surface area contributed by atoms with E-state index in [0.717, 1.165) is 41.5 Å². The van der Waals surface area contributed by atoms with Crippen LogP contribution in [0.4, 0.5) is 4.79 Å². The summed E-state index contributed by atoms with van der Waals surface area (Å²) in [7, 11) is 0. The molecule has 1 aliphatic carbocycles. The zero-order valence-corrected chi connectivity index (χ0v) is 17.1. The zero-order chi connectivity index (χ0) is 22.3. The number of carbonyl (C=O) groups excluding carboxylic acids is 2. The van der Waals surface area contributed by atoms with Gasteiger partial charge in [0.1, 0.15) is 0 Å². The van der Waals surface area contributed by atoms with Gasteiger partial charge in [0.2, 0.25) is 0 Å². The minimum absolute atomic E-state index is 0.189. The number of nitrogens with two attached hydrogens (primary N) is 2. The van der Waals surface area contributed by atoms with Gasteiger partial charge in [-0.1, -0.05) is 54.6 Å². The van der Waals surface area contributed by atoms with Crippen LogP contribution in [0, 0.1) is 0 Å². The summed E-state index contributed by atoms with van der Waals surface area (Å²) < 4.78 is 5.75. The second-order valence-corrected chi connectivity index (χ2v) is 7.84. The van der Waals surface area contributed by atoms with Crippen molar-refractivity contribution in [3.05, 3.63) is 72.2 Å². The van der Waals surface area contributed by atoms with E-state index in [1.807, 2.05) is 54.6 Å². The van der Waals surface area contributed by atoms with Crippen molar-refractivity contribution in [2.24, 2.45) is 11.5 Å². The van der Waals surface area contributed by atoms with E-state index in [-0.39, 0.29) is 17.1 Å². The number of amides is 1. The SMILES string of the molecule is NC(=O)OC(=O)c1nc2nc(-c3ccc(C4(N)CCC4)cc3)c(-c3ccccc3)cn2n1. The number of hydrogen-bond acceptors (Lipinski definition) is 7. The van der Waals surface area contributed by atoms with Crippen LogP contribution in [0.1, 0.15) is 35.4 Å². The van der Waals surface area contributed by atoms with Crippen LogP contribution in [0.25, 0.3) is 28.2 Å². The Balaban J connectivity index is 1.62. The maximum Gasteiger partial charge on any atom is 0.412 e. The number of esters is 1. The van der Waals surface area contributed by atoms with E-state index in [1.54, 1.807) is 6.20 Å². The predicted molar refractivity (Wildman–Crippen MR) is 116 cm³/mol. The number of carbonyl (C=O) groups is 2. The summed E-state index contributed by atoms with van der Waals surface area (Å²) in [4.78, 5) is 31.7. The largest absolute Gasteiger partial charge is 0.412 e. The van der Waals surface area contributed by atoms with E-state index in [2.05, 4.69) is 19.8 Å². The van der Waals surface area contributed by atoms with Crippen molar-refractivity contribution in [3.8, 4) is 22.4 Å². The molecule has 9 nitrogen and oxygen atoms in total. The summed E-state index contributed by atoms with van der Waals surface area (Å²) in [5.74, 6) is -1.16. The number of fused-ring (bicyclic) bond motifs is 1. The van der Waals surface area contributed by atoms with Crippen LogP contribution in [0.3, 0.4) is 0 Å². The molecule has 32 heavy (non-hydrogen) atoms. The van der Waals surface area contributed by atoms with E-state index in [0.29, 0.717) is 5.69 Å². The van der Waals surface area contributed by atoms with Gasteiger partial charge in [0.05, 0.1) is 5.69 Å². The molecule has 1 aliphatic rings. The Morgan fingerprint density at radius 1 is 0.969 bits per heavy atom. The predicted octanol–water partition coefficient (Wildman–Crippen LogP) is 3.03. The van der Waals surface area contributed by atoms with Crippen LogP contribution in [0.2, 0.25) is 0 Å². The fourth-order valence-corrected chi connectivity index (χ4v) is 3.90. The lowest BCUT2D eigenvalue weighted by Gasteiger charge is -2.38. The van der Waals surface area contributed by atoms with Gasteiger partial charge in [-0.15, -0.1) is 5.10 Å². The highest BCUT2D eigenvalue weighted by atomic mass is 16.6. The molecule has 2 aromatic heterocycles. The monoisotopic (exact) mass is 428 g/mol. The molecule has 0 radical (unpaired) electrons. The quantitative estimate of drug-likeness (QED) is 0.376. The van der Waals surface area contributed by atoms with Crippen molar-refractivity contribution in [2.45, 2.75) is 24.8 Å². The topological polar surface area (TPSA) is 138 Å². The van der Waals surface area contributed by atoms with Gasteiger partial charge in [0.15, 0.2) is 0 Å². The third-order valence-corrected chi connectivity index (χ3v) is 5.77. The highest BCUT2D eigenvalue weighted by molar-refractivity contribution is 5.93. The highest BCUT2D eigenvalue weighted by Gasteiger charge is 2.34. The van der Waals surface area contributed by atoms with Gasteiger partial charge in [-0.2, -0.15) is 4.98 Å². The molecule has 0 unspecified atom stereocenters. The Kier molecular flexibility index (Phi) is 4.67. The molecule has 2 heterocycles. The van der Waals surface area contributed by atoms with E-state index >= 15 is 0 Å². The van der Waals surface area contributed by atoms with Gasteiger partial charge in [0.25, 0.3) is 11.6 Å². The number of aromatic nitrogens is 4. The highest BCUT2D eigenvalue weighted by Crippen LogP contribution is 2.39. The second-order valence-electron chi connectivity index (χ2n) is 7.84. The van der Waals surface area contributed by atoms with E-state index < -0.39 is 12.1 Å². The third-order valence-electron chi connectivity index (χ3n) is 5.77. The van der Waals surface area contributed by atoms with Crippen LogP contribution < -0.4 is 11.5 Å². The van der Waals surface area contributed by atoms with Crippen molar-refractivity contribution in [1.29, 1.82) is 0 Å². The average Bonchev–Trinajstić information content (AvgIpc) is 3.20. The minimum atomic E-state index is -1.23. The van der Waals surface area contributed by atoms with Crippen LogP contribution in [-0.2, 0) is 10.3 Å². The molecule has 1 fully saturated rings. The number of ether oxygens (including phenoxy) is 1. The molecular weight excluding hydrogens is 408 g/mol. The van der Waals surface area contributed by atoms with Gasteiger partial charge in [-0.3, -0.25) is 0 Å². The van der Waals surface area contributed by atoms with Crippen molar-refractivity contribution in [1.82, 2.24) is 19.6 Å². The minimum Gasteiger partial charge on any atom is -0.370 e. The molecular formula is C23H20N6O3. The fourth-order valence-electron chi connectivity index (χ4n) is 3.90. The normalized spacial score (nSPS) is 14.7. The molecule has 0 spiro atoms. The van der Waals surface area contributed by atoms with Crippen molar-refractivity contribution in [2.75, 3.05) is 0 Å². The first kappa shape index (κ1) is 19.8. The number of rotatable bonds is 4. The van der Waals surface area contributed by atoms with E-state index in [1.165, 1.54) is 4.52 Å². The third kappa shape index (κ3) is 3.48. The van der Waals surface area contributed by atoms with Gasteiger partial charge in [-0.05, 0) is 30.4 Å². The molecule has 9 heteroatoms. The Bertz CT molecular complexity index is 1330. The molecule has 1 amide bonds. The van der Waals surface area contributed by atoms with Gasteiger partial charge < -0.3 is 16.2 Å². The smallest absolute Gasteiger partial charge is 0.370 e. The van der Waals surface area contributed by atoms with Gasteiger partial charge in [-0.25, -0.2) is 19.1 Å². The maximum absolute atomic E-state index is 12.0. The second kappa shape index (κ2) is 7.54. The Hall–Kier alpha value is -4.11. The average molecular weight is 428 g/mol. The molecule has 4 aromatic rings. The van der Waals surface area contributed by atoms with Gasteiger partial charge >= 0.3 is 12.1 Å². The van der Waals surface area contributed by atoms with Crippen molar-refractivity contribution >= 4 is 17.8 Å². The lowest BCUT2D eigenvalue weighted by Crippen LogP contribution is -2.43. The fraction of sp³-hybridized carbons (Fsp3) is 0.174. The molecule has 0 aliphatic heterocycles. The summed E-state index contributed by atoms with van der Waals surface area (Å²) in [6.07, 6.45) is 3.62. The molecule has 0 bridgehead atoms. The summed E-state index contributed by atoms with van der Waals surface area (Å²) in [5.41, 5.74) is 15.5. The van der Waals surface area contributed by atoms with E-state index in [9.17, 15) is 9.59 Å². The summed E-state index contributed by atoms with van der Waals surface area (Å²) in [6, 6.07) is 17.8. The molecule has 5 rings (SSSR count). The Morgan fingerprint density at radius 2 is 1.69 bits per heavy atom. The molecule has 160 valence electrons. The molecule has 1 saturated carbocycles. The van der Waals surface area contributed by atoms with Crippen LogP contribution in [0.15, 0.2) is 60.8 Å². The lowest BCUT2D eigenvalue weighted by atomic mass is 9.72. The summed E-state index contributed by atoms with van der Waals surface area (Å²) >= 11 is 0. The van der Waals surface area contributed by atoms with Crippen LogP contribution in [0.5, 0.6) is 0 Å². The first-order chi connectivity index (χ1) is 15.4. The zero-order valence-electron chi connectivity index (χ0n) is 17.1. The van der Waals surface area contributed by atoms with Crippen molar-refractivity contribution in [3.63, 3.8) is 0 Å². The Labute approximate surface area is 183 Å². The first-order valence-electron chi connectivity index (χ1n) is 10.2. The number of primary amides is 1. The molecule has 0 atom stereocenters. The molecule has 0 saturated heterocycles.